The summed E-state index contributed by atoms with van der Waals surface area (Å²) in [7, 11) is 0. The Balaban J connectivity index is 2.25. The van der Waals surface area contributed by atoms with Crippen LogP contribution < -0.4 is 0 Å². The van der Waals surface area contributed by atoms with Gasteiger partial charge in [0.1, 0.15) is 11.5 Å². The third-order valence-corrected chi connectivity index (χ3v) is 2.63. The van der Waals surface area contributed by atoms with Gasteiger partial charge in [-0.3, -0.25) is 0 Å². The maximum atomic E-state index is 11.0. The molecular weight excluding hydrogens is 234 g/mol. The Morgan fingerprint density at radius 3 is 2.89 bits per heavy atom. The molecular formula is C12H9N3O3. The van der Waals surface area contributed by atoms with E-state index in [1.807, 2.05) is 0 Å². The molecule has 0 atom stereocenters. The normalized spacial score (nSPS) is 10.9. The Morgan fingerprint density at radius 2 is 2.22 bits per heavy atom. The first-order valence-electron chi connectivity index (χ1n) is 5.30. The van der Waals surface area contributed by atoms with E-state index >= 15 is 0 Å². The minimum atomic E-state index is -1.06. The van der Waals surface area contributed by atoms with Gasteiger partial charge in [-0.05, 0) is 31.2 Å². The van der Waals surface area contributed by atoms with Gasteiger partial charge >= 0.3 is 5.97 Å². The van der Waals surface area contributed by atoms with E-state index in [2.05, 4.69) is 10.1 Å². The Kier molecular flexibility index (Phi) is 2.16. The van der Waals surface area contributed by atoms with E-state index in [1.165, 1.54) is 4.52 Å². The number of hydrogen-bond acceptors (Lipinski definition) is 4. The van der Waals surface area contributed by atoms with Gasteiger partial charge in [0.05, 0.1) is 11.8 Å². The minimum absolute atomic E-state index is 0.00555. The number of rotatable bonds is 2. The van der Waals surface area contributed by atoms with Crippen LogP contribution >= 0.6 is 0 Å². The summed E-state index contributed by atoms with van der Waals surface area (Å²) in [4.78, 5) is 15.0. The summed E-state index contributed by atoms with van der Waals surface area (Å²) < 4.78 is 6.75. The Morgan fingerprint density at radius 1 is 1.39 bits per heavy atom. The summed E-state index contributed by atoms with van der Waals surface area (Å²) in [6, 6.07) is 6.94. The molecule has 6 heteroatoms. The molecule has 3 heterocycles. The summed E-state index contributed by atoms with van der Waals surface area (Å²) in [6.45, 7) is 1.71. The predicted octanol–water partition coefficient (Wildman–Crippen LogP) is 2.00. The second-order valence-corrected chi connectivity index (χ2v) is 3.81. The van der Waals surface area contributed by atoms with Crippen molar-refractivity contribution < 1.29 is 14.3 Å². The quantitative estimate of drug-likeness (QED) is 0.744. The highest BCUT2D eigenvalue weighted by atomic mass is 16.4. The lowest BCUT2D eigenvalue weighted by molar-refractivity contribution is 0.0693. The number of aryl methyl sites for hydroxylation is 1. The van der Waals surface area contributed by atoms with Crippen molar-refractivity contribution in [3.05, 3.63) is 42.0 Å². The van der Waals surface area contributed by atoms with E-state index in [1.54, 1.807) is 37.5 Å². The second-order valence-electron chi connectivity index (χ2n) is 3.81. The van der Waals surface area contributed by atoms with E-state index in [-0.39, 0.29) is 5.69 Å². The molecule has 0 bridgehead atoms. The first-order valence-corrected chi connectivity index (χ1v) is 5.30. The van der Waals surface area contributed by atoms with Gasteiger partial charge in [0.25, 0.3) is 0 Å². The highest BCUT2D eigenvalue weighted by molar-refractivity contribution is 5.93. The van der Waals surface area contributed by atoms with Crippen LogP contribution in [0.5, 0.6) is 0 Å². The maximum absolute atomic E-state index is 11.0. The summed E-state index contributed by atoms with van der Waals surface area (Å²) in [5.41, 5.74) is 1.10. The zero-order valence-corrected chi connectivity index (χ0v) is 9.49. The average Bonchev–Trinajstić information content (AvgIpc) is 2.97. The summed E-state index contributed by atoms with van der Waals surface area (Å²) in [5, 5.41) is 13.3. The molecule has 0 amide bonds. The fourth-order valence-corrected chi connectivity index (χ4v) is 1.83. The van der Waals surface area contributed by atoms with Crippen LogP contribution in [-0.4, -0.2) is 25.7 Å². The molecule has 0 aromatic carbocycles. The van der Waals surface area contributed by atoms with Gasteiger partial charge in [0.15, 0.2) is 11.5 Å². The third kappa shape index (κ3) is 1.46. The smallest absolute Gasteiger partial charge is 0.356 e. The number of nitrogens with zero attached hydrogens (tertiary/aromatic N) is 3. The van der Waals surface area contributed by atoms with Crippen molar-refractivity contribution in [3.8, 4) is 11.5 Å². The lowest BCUT2D eigenvalue weighted by Crippen LogP contribution is -1.99. The topological polar surface area (TPSA) is 80.6 Å². The van der Waals surface area contributed by atoms with E-state index in [4.69, 9.17) is 9.52 Å². The van der Waals surface area contributed by atoms with Crippen LogP contribution in [-0.2, 0) is 0 Å². The molecule has 6 nitrogen and oxygen atoms in total. The molecule has 3 aromatic heterocycles. The Bertz CT molecular complexity index is 728. The van der Waals surface area contributed by atoms with Crippen LogP contribution in [0.2, 0.25) is 0 Å². The molecule has 3 rings (SSSR count). The van der Waals surface area contributed by atoms with Gasteiger partial charge in [0, 0.05) is 0 Å². The minimum Gasteiger partial charge on any atom is -0.476 e. The molecule has 18 heavy (non-hydrogen) atoms. The Labute approximate surface area is 101 Å². The van der Waals surface area contributed by atoms with Gasteiger partial charge in [-0.1, -0.05) is 0 Å². The molecule has 0 fully saturated rings. The molecule has 0 radical (unpaired) electrons. The summed E-state index contributed by atoms with van der Waals surface area (Å²) in [5.74, 6) is 0.0887. The van der Waals surface area contributed by atoms with Gasteiger partial charge in [-0.25, -0.2) is 14.3 Å². The molecule has 1 N–H and O–H groups in total. The van der Waals surface area contributed by atoms with Gasteiger partial charge in [0.2, 0.25) is 0 Å². The van der Waals surface area contributed by atoms with Gasteiger partial charge < -0.3 is 9.52 Å². The third-order valence-electron chi connectivity index (χ3n) is 2.63. The largest absolute Gasteiger partial charge is 0.476 e. The van der Waals surface area contributed by atoms with Crippen LogP contribution in [0.25, 0.3) is 17.0 Å². The zero-order valence-electron chi connectivity index (χ0n) is 9.49. The molecule has 0 aliphatic rings. The fraction of sp³-hybridized carbons (Fsp3) is 0.0833. The first-order chi connectivity index (χ1) is 8.66. The van der Waals surface area contributed by atoms with E-state index in [0.717, 1.165) is 0 Å². The van der Waals surface area contributed by atoms with Crippen LogP contribution in [0.1, 0.15) is 16.3 Å². The van der Waals surface area contributed by atoms with Crippen molar-refractivity contribution in [1.29, 1.82) is 0 Å². The fourth-order valence-electron chi connectivity index (χ4n) is 1.83. The van der Waals surface area contributed by atoms with Crippen molar-refractivity contribution in [1.82, 2.24) is 14.6 Å². The van der Waals surface area contributed by atoms with E-state index in [9.17, 15) is 4.79 Å². The lowest BCUT2D eigenvalue weighted by Gasteiger charge is -1.99. The number of imidazole rings is 1. The predicted molar refractivity (Wildman–Crippen MR) is 62.4 cm³/mol. The van der Waals surface area contributed by atoms with Gasteiger partial charge in [-0.15, -0.1) is 0 Å². The number of carboxylic acids is 1. The highest BCUT2D eigenvalue weighted by Crippen LogP contribution is 2.19. The van der Waals surface area contributed by atoms with Crippen molar-refractivity contribution in [2.24, 2.45) is 0 Å². The van der Waals surface area contributed by atoms with Crippen molar-refractivity contribution in [3.63, 3.8) is 0 Å². The number of carbonyl (C=O) groups is 1. The molecule has 0 unspecified atom stereocenters. The number of carboxylic acid groups (broad SMARTS) is 1. The summed E-state index contributed by atoms with van der Waals surface area (Å²) >= 11 is 0. The van der Waals surface area contributed by atoms with Crippen LogP contribution in [0.4, 0.5) is 0 Å². The average molecular weight is 243 g/mol. The molecule has 0 spiro atoms. The van der Waals surface area contributed by atoms with Crippen LogP contribution in [0.15, 0.2) is 34.9 Å². The number of aromatic carboxylic acids is 1. The molecule has 0 aliphatic heterocycles. The van der Waals surface area contributed by atoms with E-state index < -0.39 is 5.97 Å². The molecule has 3 aromatic rings. The van der Waals surface area contributed by atoms with Crippen LogP contribution in [0, 0.1) is 6.92 Å². The molecule has 0 saturated carbocycles. The number of fused-ring (bicyclic) bond motifs is 1. The number of furan rings is 1. The molecule has 0 aliphatic carbocycles. The molecule has 90 valence electrons. The second kappa shape index (κ2) is 3.69. The standard InChI is InChI=1S/C12H9N3O3/c1-7-13-11(12(16)17)9-5-4-8(14-15(7)9)10-3-2-6-18-10/h2-6H,1H3,(H,16,17). The van der Waals surface area contributed by atoms with Crippen LogP contribution in [0.3, 0.4) is 0 Å². The molecule has 0 saturated heterocycles. The Hall–Kier alpha value is -2.63. The number of aromatic nitrogens is 3. The van der Waals surface area contributed by atoms with E-state index in [0.29, 0.717) is 22.8 Å². The lowest BCUT2D eigenvalue weighted by atomic mass is 10.3. The number of hydrogen-bond donors (Lipinski definition) is 1. The SMILES string of the molecule is Cc1nc(C(=O)O)c2ccc(-c3ccco3)nn12. The summed E-state index contributed by atoms with van der Waals surface area (Å²) in [6.07, 6.45) is 1.56. The maximum Gasteiger partial charge on any atom is 0.356 e. The van der Waals surface area contributed by atoms with Crippen molar-refractivity contribution in [2.45, 2.75) is 6.92 Å². The first kappa shape index (κ1) is 10.5. The van der Waals surface area contributed by atoms with Crippen molar-refractivity contribution in [2.75, 3.05) is 0 Å². The monoisotopic (exact) mass is 243 g/mol. The van der Waals surface area contributed by atoms with Gasteiger partial charge in [-0.2, -0.15) is 5.10 Å². The van der Waals surface area contributed by atoms with Crippen molar-refractivity contribution >= 4 is 11.5 Å². The zero-order chi connectivity index (χ0) is 12.7. The highest BCUT2D eigenvalue weighted by Gasteiger charge is 2.16.